The fraction of sp³-hybridized carbons (Fsp3) is 0.923. The number of hydrogen-bond acceptors (Lipinski definition) is 3. The predicted molar refractivity (Wildman–Crippen MR) is 68.8 cm³/mol. The molecule has 1 rings (SSSR count). The molecule has 1 heterocycles. The fourth-order valence-corrected chi connectivity index (χ4v) is 2.23. The summed E-state index contributed by atoms with van der Waals surface area (Å²) in [5.74, 6) is 0. The van der Waals surface area contributed by atoms with Crippen LogP contribution >= 0.6 is 0 Å². The van der Waals surface area contributed by atoms with Gasteiger partial charge in [-0.2, -0.15) is 0 Å². The Balaban J connectivity index is 2.67. The molecular formula is C13H26N2O2. The summed E-state index contributed by atoms with van der Waals surface area (Å²) in [4.78, 5) is 13.8. The Morgan fingerprint density at radius 2 is 2.06 bits per heavy atom. The number of likely N-dealkylation sites (tertiary alicyclic amines) is 1. The van der Waals surface area contributed by atoms with Crippen molar-refractivity contribution >= 4 is 6.09 Å². The Bertz CT molecular complexity index is 282. The molecule has 1 fully saturated rings. The van der Waals surface area contributed by atoms with Crippen LogP contribution in [0.2, 0.25) is 0 Å². The number of ether oxygens (including phenoxy) is 1. The summed E-state index contributed by atoms with van der Waals surface area (Å²) < 4.78 is 5.41. The maximum Gasteiger partial charge on any atom is 0.410 e. The van der Waals surface area contributed by atoms with Gasteiger partial charge in [-0.15, -0.1) is 0 Å². The van der Waals surface area contributed by atoms with Crippen molar-refractivity contribution in [2.45, 2.75) is 59.1 Å². The quantitative estimate of drug-likeness (QED) is 0.768. The molecule has 1 unspecified atom stereocenters. The van der Waals surface area contributed by atoms with E-state index in [0.29, 0.717) is 6.54 Å². The summed E-state index contributed by atoms with van der Waals surface area (Å²) in [6, 6.07) is 0.105. The SMILES string of the molecule is CC1(C)CCN(C(=O)OC(C)(C)C)C(CN)C1. The third-order valence-corrected chi connectivity index (χ3v) is 3.16. The molecule has 0 saturated carbocycles. The van der Waals surface area contributed by atoms with Crippen molar-refractivity contribution in [1.29, 1.82) is 0 Å². The number of nitrogens with two attached hydrogens (primary N) is 1. The molecule has 1 amide bonds. The monoisotopic (exact) mass is 242 g/mol. The molecular weight excluding hydrogens is 216 g/mol. The minimum Gasteiger partial charge on any atom is -0.444 e. The van der Waals surface area contributed by atoms with Crippen molar-refractivity contribution in [3.05, 3.63) is 0 Å². The van der Waals surface area contributed by atoms with Gasteiger partial charge in [-0.1, -0.05) is 13.8 Å². The number of amides is 1. The zero-order valence-corrected chi connectivity index (χ0v) is 11.7. The predicted octanol–water partition coefficient (Wildman–Crippen LogP) is 2.37. The van der Waals surface area contributed by atoms with Crippen LogP contribution in [0.1, 0.15) is 47.5 Å². The third kappa shape index (κ3) is 4.19. The van der Waals surface area contributed by atoms with Gasteiger partial charge in [0.1, 0.15) is 5.60 Å². The second-order valence-electron chi connectivity index (χ2n) is 6.68. The Labute approximate surface area is 104 Å². The Morgan fingerprint density at radius 1 is 1.47 bits per heavy atom. The highest BCUT2D eigenvalue weighted by molar-refractivity contribution is 5.68. The molecule has 0 aromatic carbocycles. The van der Waals surface area contributed by atoms with Crippen LogP contribution < -0.4 is 5.73 Å². The van der Waals surface area contributed by atoms with Gasteiger partial charge in [0.2, 0.25) is 0 Å². The zero-order chi connectivity index (χ0) is 13.3. The van der Waals surface area contributed by atoms with Gasteiger partial charge in [0, 0.05) is 19.1 Å². The number of rotatable bonds is 1. The van der Waals surface area contributed by atoms with E-state index in [2.05, 4.69) is 13.8 Å². The topological polar surface area (TPSA) is 55.6 Å². The number of carbonyl (C=O) groups is 1. The maximum absolute atomic E-state index is 12.0. The Morgan fingerprint density at radius 3 is 2.53 bits per heavy atom. The third-order valence-electron chi connectivity index (χ3n) is 3.16. The summed E-state index contributed by atoms with van der Waals surface area (Å²) >= 11 is 0. The van der Waals surface area contributed by atoms with Gasteiger partial charge in [-0.3, -0.25) is 0 Å². The molecule has 0 aromatic heterocycles. The van der Waals surface area contributed by atoms with Crippen molar-refractivity contribution in [1.82, 2.24) is 4.90 Å². The highest BCUT2D eigenvalue weighted by Gasteiger charge is 2.36. The van der Waals surface area contributed by atoms with Crippen LogP contribution in [0.25, 0.3) is 0 Å². The first-order valence-corrected chi connectivity index (χ1v) is 6.34. The van der Waals surface area contributed by atoms with Crippen LogP contribution in [0.4, 0.5) is 4.79 Å². The van der Waals surface area contributed by atoms with E-state index >= 15 is 0 Å². The number of nitrogens with zero attached hydrogens (tertiary/aromatic N) is 1. The lowest BCUT2D eigenvalue weighted by Gasteiger charge is -2.43. The molecule has 2 N–H and O–H groups in total. The summed E-state index contributed by atoms with van der Waals surface area (Å²) in [5.41, 5.74) is 5.59. The summed E-state index contributed by atoms with van der Waals surface area (Å²) in [5, 5.41) is 0. The van der Waals surface area contributed by atoms with Crippen LogP contribution in [-0.4, -0.2) is 35.7 Å². The van der Waals surface area contributed by atoms with Crippen LogP contribution in [-0.2, 0) is 4.74 Å². The van der Waals surface area contributed by atoms with Crippen molar-refractivity contribution < 1.29 is 9.53 Å². The molecule has 1 aliphatic rings. The molecule has 1 aliphatic heterocycles. The highest BCUT2D eigenvalue weighted by Crippen LogP contribution is 2.34. The lowest BCUT2D eigenvalue weighted by molar-refractivity contribution is -0.00181. The van der Waals surface area contributed by atoms with E-state index in [1.54, 1.807) is 4.90 Å². The van der Waals surface area contributed by atoms with Crippen LogP contribution in [0.5, 0.6) is 0 Å². The fourth-order valence-electron chi connectivity index (χ4n) is 2.23. The lowest BCUT2D eigenvalue weighted by Crippen LogP contribution is -2.52. The second kappa shape index (κ2) is 4.84. The number of hydrogen-bond donors (Lipinski definition) is 1. The van der Waals surface area contributed by atoms with Gasteiger partial charge in [0.05, 0.1) is 0 Å². The van der Waals surface area contributed by atoms with Gasteiger partial charge in [-0.05, 0) is 39.0 Å². The first kappa shape index (κ1) is 14.3. The molecule has 0 aromatic rings. The largest absolute Gasteiger partial charge is 0.444 e. The average Bonchev–Trinajstić information content (AvgIpc) is 2.13. The normalized spacial score (nSPS) is 24.6. The van der Waals surface area contributed by atoms with E-state index in [0.717, 1.165) is 19.4 Å². The van der Waals surface area contributed by atoms with Gasteiger partial charge in [0.15, 0.2) is 0 Å². The molecule has 4 nitrogen and oxygen atoms in total. The van der Waals surface area contributed by atoms with Crippen LogP contribution in [0.15, 0.2) is 0 Å². The molecule has 0 bridgehead atoms. The van der Waals surface area contributed by atoms with E-state index in [1.165, 1.54) is 0 Å². The molecule has 0 radical (unpaired) electrons. The van der Waals surface area contributed by atoms with Gasteiger partial charge < -0.3 is 15.4 Å². The minimum atomic E-state index is -0.441. The van der Waals surface area contributed by atoms with Crippen molar-refractivity contribution in [2.75, 3.05) is 13.1 Å². The first-order valence-electron chi connectivity index (χ1n) is 6.34. The molecule has 1 atom stereocenters. The van der Waals surface area contributed by atoms with Crippen LogP contribution in [0, 0.1) is 5.41 Å². The van der Waals surface area contributed by atoms with Gasteiger partial charge in [-0.25, -0.2) is 4.79 Å². The smallest absolute Gasteiger partial charge is 0.410 e. The van der Waals surface area contributed by atoms with Crippen LogP contribution in [0.3, 0.4) is 0 Å². The highest BCUT2D eigenvalue weighted by atomic mass is 16.6. The minimum absolute atomic E-state index is 0.105. The molecule has 17 heavy (non-hydrogen) atoms. The molecule has 0 spiro atoms. The zero-order valence-electron chi connectivity index (χ0n) is 11.7. The van der Waals surface area contributed by atoms with E-state index in [9.17, 15) is 4.79 Å². The summed E-state index contributed by atoms with van der Waals surface area (Å²) in [6.07, 6.45) is 1.72. The summed E-state index contributed by atoms with van der Waals surface area (Å²) in [6.45, 7) is 11.3. The maximum atomic E-state index is 12.0. The number of carbonyl (C=O) groups excluding carboxylic acids is 1. The molecule has 0 aliphatic carbocycles. The average molecular weight is 242 g/mol. The van der Waals surface area contributed by atoms with Gasteiger partial charge >= 0.3 is 6.09 Å². The molecule has 100 valence electrons. The first-order chi connectivity index (χ1) is 7.64. The van der Waals surface area contributed by atoms with E-state index in [-0.39, 0.29) is 17.6 Å². The second-order valence-corrected chi connectivity index (χ2v) is 6.68. The Hall–Kier alpha value is -0.770. The molecule has 1 saturated heterocycles. The van der Waals surface area contributed by atoms with Crippen molar-refractivity contribution in [2.24, 2.45) is 11.1 Å². The summed E-state index contributed by atoms with van der Waals surface area (Å²) in [7, 11) is 0. The van der Waals surface area contributed by atoms with E-state index in [1.807, 2.05) is 20.8 Å². The van der Waals surface area contributed by atoms with E-state index in [4.69, 9.17) is 10.5 Å². The number of piperidine rings is 1. The Kier molecular flexibility index (Phi) is 4.07. The van der Waals surface area contributed by atoms with Crippen molar-refractivity contribution in [3.63, 3.8) is 0 Å². The molecule has 4 heteroatoms. The lowest BCUT2D eigenvalue weighted by atomic mass is 9.79. The standard InChI is InChI=1S/C13H26N2O2/c1-12(2,3)17-11(16)15-7-6-13(4,5)8-10(15)9-14/h10H,6-9,14H2,1-5H3. The van der Waals surface area contributed by atoms with E-state index < -0.39 is 5.60 Å². The van der Waals surface area contributed by atoms with Crippen molar-refractivity contribution in [3.8, 4) is 0 Å². The van der Waals surface area contributed by atoms with Gasteiger partial charge in [0.25, 0.3) is 0 Å².